The number of nitrogens with one attached hydrogen (secondary N) is 2. The Kier molecular flexibility index (Phi) is 5.55. The predicted molar refractivity (Wildman–Crippen MR) is 128 cm³/mol. The molecule has 0 spiro atoms. The maximum Gasteiger partial charge on any atom is 0.330 e. The number of aromatic amines is 1. The SMILES string of the molecule is CCCn1c(=O)[nH]c(=O)c2nc(-c3ccc(NCc4ccc(CN)cc4)nc3)n(C3CC3)c21. The van der Waals surface area contributed by atoms with Gasteiger partial charge >= 0.3 is 5.69 Å². The number of nitrogens with zero attached hydrogens (tertiary/aromatic N) is 4. The summed E-state index contributed by atoms with van der Waals surface area (Å²) in [5.41, 5.74) is 8.77. The number of H-pyrrole nitrogens is 1. The van der Waals surface area contributed by atoms with Crippen LogP contribution in [0.1, 0.15) is 43.4 Å². The van der Waals surface area contributed by atoms with Crippen molar-refractivity contribution in [3.63, 3.8) is 0 Å². The molecule has 0 atom stereocenters. The first-order chi connectivity index (χ1) is 16.1. The van der Waals surface area contributed by atoms with Crippen LogP contribution in [0.2, 0.25) is 0 Å². The van der Waals surface area contributed by atoms with Gasteiger partial charge in [0, 0.05) is 37.4 Å². The van der Waals surface area contributed by atoms with E-state index in [-0.39, 0.29) is 11.7 Å². The summed E-state index contributed by atoms with van der Waals surface area (Å²) < 4.78 is 3.68. The first-order valence-electron chi connectivity index (χ1n) is 11.3. The maximum absolute atomic E-state index is 12.5. The topological polar surface area (TPSA) is 124 Å². The first kappa shape index (κ1) is 21.1. The lowest BCUT2D eigenvalue weighted by molar-refractivity contribution is 0.628. The van der Waals surface area contributed by atoms with Gasteiger partial charge < -0.3 is 15.6 Å². The second kappa shape index (κ2) is 8.67. The molecule has 0 saturated heterocycles. The molecule has 4 aromatic rings. The standard InChI is InChI=1S/C24H27N7O2/c1-2-11-30-23-20(22(32)29-24(30)33)28-21(31(23)18-8-9-18)17-7-10-19(27-14-17)26-13-16-5-3-15(12-25)4-6-16/h3-7,10,14,18H,2,8-9,11-13,25H2,1H3,(H,26,27)(H,29,32,33). The molecular formula is C24H27N7O2. The average molecular weight is 446 g/mol. The van der Waals surface area contributed by atoms with E-state index in [4.69, 9.17) is 5.73 Å². The largest absolute Gasteiger partial charge is 0.366 e. The number of aromatic nitrogens is 5. The Labute approximate surface area is 190 Å². The van der Waals surface area contributed by atoms with Gasteiger partial charge in [-0.3, -0.25) is 14.3 Å². The smallest absolute Gasteiger partial charge is 0.330 e. The van der Waals surface area contributed by atoms with Gasteiger partial charge in [0.15, 0.2) is 11.2 Å². The first-order valence-corrected chi connectivity index (χ1v) is 11.3. The number of aryl methyl sites for hydroxylation is 1. The van der Waals surface area contributed by atoms with Crippen LogP contribution in [0.15, 0.2) is 52.2 Å². The summed E-state index contributed by atoms with van der Waals surface area (Å²) >= 11 is 0. The minimum Gasteiger partial charge on any atom is -0.366 e. The molecule has 5 rings (SSSR count). The van der Waals surface area contributed by atoms with Crippen LogP contribution in [0.4, 0.5) is 5.82 Å². The lowest BCUT2D eigenvalue weighted by Gasteiger charge is -2.12. The molecule has 1 saturated carbocycles. The Bertz CT molecular complexity index is 1390. The molecule has 4 N–H and O–H groups in total. The molecule has 0 unspecified atom stereocenters. The Morgan fingerprint density at radius 3 is 2.52 bits per heavy atom. The molecule has 9 heteroatoms. The van der Waals surface area contributed by atoms with Crippen molar-refractivity contribution in [1.29, 1.82) is 0 Å². The van der Waals surface area contributed by atoms with E-state index in [1.807, 2.05) is 35.8 Å². The number of rotatable bonds is 8. The third-order valence-corrected chi connectivity index (χ3v) is 5.94. The summed E-state index contributed by atoms with van der Waals surface area (Å²) in [5.74, 6) is 1.42. The minimum absolute atomic E-state index is 0.239. The molecule has 1 aromatic carbocycles. The van der Waals surface area contributed by atoms with E-state index in [0.717, 1.165) is 41.8 Å². The number of pyridine rings is 1. The zero-order chi connectivity index (χ0) is 22.9. The number of hydrogen-bond acceptors (Lipinski definition) is 6. The summed E-state index contributed by atoms with van der Waals surface area (Å²) in [6.07, 6.45) is 4.54. The van der Waals surface area contributed by atoms with Gasteiger partial charge in [0.2, 0.25) is 0 Å². The highest BCUT2D eigenvalue weighted by Crippen LogP contribution is 2.40. The van der Waals surface area contributed by atoms with E-state index < -0.39 is 5.56 Å². The molecule has 0 radical (unpaired) electrons. The van der Waals surface area contributed by atoms with Crippen molar-refractivity contribution in [2.75, 3.05) is 5.32 Å². The molecule has 9 nitrogen and oxygen atoms in total. The molecule has 33 heavy (non-hydrogen) atoms. The molecule has 1 fully saturated rings. The van der Waals surface area contributed by atoms with Gasteiger partial charge in [-0.05, 0) is 42.5 Å². The van der Waals surface area contributed by atoms with E-state index >= 15 is 0 Å². The van der Waals surface area contributed by atoms with Gasteiger partial charge in [0.1, 0.15) is 11.6 Å². The van der Waals surface area contributed by atoms with E-state index in [9.17, 15) is 9.59 Å². The van der Waals surface area contributed by atoms with Gasteiger partial charge in [-0.1, -0.05) is 31.2 Å². The number of benzene rings is 1. The van der Waals surface area contributed by atoms with E-state index in [2.05, 4.69) is 32.4 Å². The zero-order valence-corrected chi connectivity index (χ0v) is 18.5. The van der Waals surface area contributed by atoms with Crippen LogP contribution in [-0.2, 0) is 19.6 Å². The molecule has 3 heterocycles. The molecule has 1 aliphatic rings. The Balaban J connectivity index is 1.47. The lowest BCUT2D eigenvalue weighted by Crippen LogP contribution is -2.31. The van der Waals surface area contributed by atoms with Crippen LogP contribution in [0.3, 0.4) is 0 Å². The highest BCUT2D eigenvalue weighted by atomic mass is 16.2. The van der Waals surface area contributed by atoms with Crippen LogP contribution in [0.25, 0.3) is 22.6 Å². The molecule has 170 valence electrons. The van der Waals surface area contributed by atoms with Crippen molar-refractivity contribution >= 4 is 17.0 Å². The third kappa shape index (κ3) is 4.07. The molecule has 1 aliphatic carbocycles. The second-order valence-corrected chi connectivity index (χ2v) is 8.43. The zero-order valence-electron chi connectivity index (χ0n) is 18.5. The predicted octanol–water partition coefficient (Wildman–Crippen LogP) is 2.76. The maximum atomic E-state index is 12.5. The van der Waals surface area contributed by atoms with Crippen molar-refractivity contribution in [2.45, 2.75) is 51.9 Å². The summed E-state index contributed by atoms with van der Waals surface area (Å²) in [7, 11) is 0. The van der Waals surface area contributed by atoms with Crippen molar-refractivity contribution in [3.05, 3.63) is 74.6 Å². The highest BCUT2D eigenvalue weighted by Gasteiger charge is 2.31. The Hall–Kier alpha value is -3.72. The van der Waals surface area contributed by atoms with Crippen LogP contribution in [0.5, 0.6) is 0 Å². The van der Waals surface area contributed by atoms with E-state index in [1.54, 1.807) is 10.8 Å². The fourth-order valence-electron chi connectivity index (χ4n) is 4.08. The monoisotopic (exact) mass is 445 g/mol. The van der Waals surface area contributed by atoms with Crippen molar-refractivity contribution in [1.82, 2.24) is 24.1 Å². The molecule has 3 aromatic heterocycles. The summed E-state index contributed by atoms with van der Waals surface area (Å²) in [4.78, 5) is 36.6. The number of fused-ring (bicyclic) bond motifs is 1. The fourth-order valence-corrected chi connectivity index (χ4v) is 4.08. The van der Waals surface area contributed by atoms with E-state index in [1.165, 1.54) is 0 Å². The number of nitrogens with two attached hydrogens (primary N) is 1. The Morgan fingerprint density at radius 1 is 1.12 bits per heavy atom. The van der Waals surface area contributed by atoms with Gasteiger partial charge in [-0.2, -0.15) is 0 Å². The summed E-state index contributed by atoms with van der Waals surface area (Å²) in [5, 5.41) is 3.33. The van der Waals surface area contributed by atoms with Crippen LogP contribution < -0.4 is 22.3 Å². The molecule has 0 bridgehead atoms. The van der Waals surface area contributed by atoms with E-state index in [0.29, 0.717) is 36.6 Å². The second-order valence-electron chi connectivity index (χ2n) is 8.43. The highest BCUT2D eigenvalue weighted by molar-refractivity contribution is 5.77. The van der Waals surface area contributed by atoms with Gasteiger partial charge in [0.25, 0.3) is 5.56 Å². The average Bonchev–Trinajstić information content (AvgIpc) is 3.60. The fraction of sp³-hybridized carbons (Fsp3) is 0.333. The van der Waals surface area contributed by atoms with Crippen LogP contribution in [-0.4, -0.2) is 24.1 Å². The minimum atomic E-state index is -0.449. The van der Waals surface area contributed by atoms with Gasteiger partial charge in [-0.25, -0.2) is 14.8 Å². The van der Waals surface area contributed by atoms with Crippen molar-refractivity contribution < 1.29 is 0 Å². The van der Waals surface area contributed by atoms with Gasteiger partial charge in [0.05, 0.1) is 0 Å². The van der Waals surface area contributed by atoms with Crippen LogP contribution >= 0.6 is 0 Å². The molecular weight excluding hydrogens is 418 g/mol. The lowest BCUT2D eigenvalue weighted by atomic mass is 10.1. The number of anilines is 1. The summed E-state index contributed by atoms with van der Waals surface area (Å²) in [6, 6.07) is 12.2. The molecule has 0 amide bonds. The normalized spacial score (nSPS) is 13.5. The van der Waals surface area contributed by atoms with Gasteiger partial charge in [-0.15, -0.1) is 0 Å². The third-order valence-electron chi connectivity index (χ3n) is 5.94. The quantitative estimate of drug-likeness (QED) is 0.383. The van der Waals surface area contributed by atoms with Crippen LogP contribution in [0, 0.1) is 0 Å². The summed E-state index contributed by atoms with van der Waals surface area (Å²) in [6.45, 7) is 3.71. The Morgan fingerprint density at radius 2 is 1.88 bits per heavy atom. The van der Waals surface area contributed by atoms with Crippen molar-refractivity contribution in [2.24, 2.45) is 5.73 Å². The van der Waals surface area contributed by atoms with Crippen molar-refractivity contribution in [3.8, 4) is 11.4 Å². The molecule has 0 aliphatic heterocycles. The number of imidazole rings is 1. The number of hydrogen-bond donors (Lipinski definition) is 3.